The van der Waals surface area contributed by atoms with Crippen LogP contribution in [0, 0.1) is 0 Å². The molecule has 0 aliphatic heterocycles. The van der Waals surface area contributed by atoms with Crippen LogP contribution in [0.2, 0.25) is 5.02 Å². The number of anilines is 1. The normalized spacial score (nSPS) is 11.0. The van der Waals surface area contributed by atoms with Gasteiger partial charge in [-0.2, -0.15) is 0 Å². The molecular weight excluding hydrogens is 328 g/mol. The molecule has 1 aromatic rings. The number of hydrogen-bond donors (Lipinski definition) is 2. The smallest absolute Gasteiger partial charge is 0.242 e. The summed E-state index contributed by atoms with van der Waals surface area (Å²) in [6.07, 6.45) is 3.18. The van der Waals surface area contributed by atoms with Gasteiger partial charge in [0.25, 0.3) is 0 Å². The number of benzene rings is 1. The molecule has 0 unspecified atom stereocenters. The van der Waals surface area contributed by atoms with E-state index in [1.807, 2.05) is 0 Å². The van der Waals surface area contributed by atoms with E-state index in [2.05, 4.69) is 12.2 Å². The van der Waals surface area contributed by atoms with Gasteiger partial charge in [-0.15, -0.1) is 0 Å². The molecule has 0 atom stereocenters. The second-order valence-corrected chi connectivity index (χ2v) is 6.91. The lowest BCUT2D eigenvalue weighted by atomic mass is 10.1. The second kappa shape index (κ2) is 8.75. The number of unbranched alkanes of at least 4 members (excludes halogenated alkanes) is 2. The highest BCUT2D eigenvalue weighted by Crippen LogP contribution is 2.23. The molecule has 0 spiro atoms. The Morgan fingerprint density at radius 3 is 2.68 bits per heavy atom. The highest BCUT2D eigenvalue weighted by atomic mass is 35.5. The van der Waals surface area contributed by atoms with Gasteiger partial charge in [0.15, 0.2) is 5.78 Å². The molecule has 0 aliphatic carbocycles. The molecule has 0 fully saturated rings. The van der Waals surface area contributed by atoms with E-state index in [4.69, 9.17) is 11.6 Å². The van der Waals surface area contributed by atoms with Crippen molar-refractivity contribution in [3.63, 3.8) is 0 Å². The summed E-state index contributed by atoms with van der Waals surface area (Å²) in [5, 5.41) is 3.59. The number of sulfonamides is 1. The van der Waals surface area contributed by atoms with Gasteiger partial charge in [-0.25, -0.2) is 8.42 Å². The summed E-state index contributed by atoms with van der Waals surface area (Å²) < 4.78 is 24.4. The fourth-order valence-electron chi connectivity index (χ4n) is 1.80. The number of carbonyl (C=O) groups excluding carboxylic acids is 2. The van der Waals surface area contributed by atoms with E-state index < -0.39 is 21.6 Å². The van der Waals surface area contributed by atoms with Crippen LogP contribution in [0.1, 0.15) is 36.5 Å². The van der Waals surface area contributed by atoms with Gasteiger partial charge in [0.1, 0.15) is 5.75 Å². The Bertz CT molecular complexity index is 632. The topological polar surface area (TPSA) is 92.3 Å². The third kappa shape index (κ3) is 6.03. The van der Waals surface area contributed by atoms with Crippen molar-refractivity contribution in [2.24, 2.45) is 0 Å². The Balaban J connectivity index is 2.79. The molecule has 1 rings (SSSR count). The van der Waals surface area contributed by atoms with Crippen LogP contribution in [0.25, 0.3) is 0 Å². The lowest BCUT2D eigenvalue weighted by Gasteiger charge is -2.10. The van der Waals surface area contributed by atoms with Crippen LogP contribution in [0.3, 0.4) is 0 Å². The van der Waals surface area contributed by atoms with E-state index in [1.54, 1.807) is 4.72 Å². The van der Waals surface area contributed by atoms with E-state index in [0.717, 1.165) is 25.8 Å². The van der Waals surface area contributed by atoms with Gasteiger partial charge in [0.2, 0.25) is 16.4 Å². The zero-order chi connectivity index (χ0) is 16.6. The molecule has 122 valence electrons. The van der Waals surface area contributed by atoms with E-state index in [9.17, 15) is 18.0 Å². The van der Waals surface area contributed by atoms with Crippen LogP contribution < -0.4 is 10.0 Å². The maximum atomic E-state index is 12.0. The number of Topliss-reactive ketones (excluding diaryl/α,β-unsaturated/α-hetero) is 1. The van der Waals surface area contributed by atoms with Crippen molar-refractivity contribution in [2.75, 3.05) is 17.6 Å². The van der Waals surface area contributed by atoms with Gasteiger partial charge >= 0.3 is 0 Å². The van der Waals surface area contributed by atoms with Crippen LogP contribution in [0.5, 0.6) is 0 Å². The molecule has 0 bridgehead atoms. The summed E-state index contributed by atoms with van der Waals surface area (Å²) in [5.41, 5.74) is 0.808. The number of ketones is 1. The minimum Gasteiger partial charge on any atom is -0.384 e. The van der Waals surface area contributed by atoms with Crippen molar-refractivity contribution in [1.29, 1.82) is 0 Å². The number of amides is 1. The maximum Gasteiger partial charge on any atom is 0.242 e. The van der Waals surface area contributed by atoms with Crippen molar-refractivity contribution in [1.82, 2.24) is 4.72 Å². The molecule has 22 heavy (non-hydrogen) atoms. The van der Waals surface area contributed by atoms with Crippen LogP contribution in [-0.2, 0) is 14.8 Å². The molecule has 1 aromatic carbocycles. The van der Waals surface area contributed by atoms with Crippen molar-refractivity contribution in [2.45, 2.75) is 26.2 Å². The number of carbonyl (C=O) groups is 2. The first-order valence-corrected chi connectivity index (χ1v) is 8.93. The van der Waals surface area contributed by atoms with Crippen LogP contribution in [0.15, 0.2) is 18.2 Å². The van der Waals surface area contributed by atoms with Gasteiger partial charge in [-0.05, 0) is 24.6 Å². The van der Waals surface area contributed by atoms with Crippen molar-refractivity contribution in [3.8, 4) is 0 Å². The molecule has 0 saturated carbocycles. The first kappa shape index (κ1) is 18.4. The van der Waals surface area contributed by atoms with Gasteiger partial charge in [0, 0.05) is 12.1 Å². The standard InChI is InChI=1S/C14H19ClN2O4S/c1-2-3-4-7-16-13-8-11(5-6-12(13)15)14(19)9-22(20,21)17-10-18/h5-6,8,10,16H,2-4,7,9H2,1H3,(H,17,18). The first-order valence-electron chi connectivity index (χ1n) is 6.90. The number of halogens is 1. The first-order chi connectivity index (χ1) is 10.4. The Kier molecular flexibility index (Phi) is 7.34. The highest BCUT2D eigenvalue weighted by Gasteiger charge is 2.18. The third-order valence-corrected chi connectivity index (χ3v) is 4.36. The Morgan fingerprint density at radius 1 is 1.32 bits per heavy atom. The van der Waals surface area contributed by atoms with E-state index in [1.165, 1.54) is 18.2 Å². The minimum atomic E-state index is -3.95. The zero-order valence-electron chi connectivity index (χ0n) is 12.3. The molecule has 8 heteroatoms. The number of nitrogens with one attached hydrogen (secondary N) is 2. The average Bonchev–Trinajstić information content (AvgIpc) is 2.44. The summed E-state index contributed by atoms with van der Waals surface area (Å²) >= 11 is 6.05. The summed E-state index contributed by atoms with van der Waals surface area (Å²) in [7, 11) is -3.95. The molecule has 0 saturated heterocycles. The molecule has 1 amide bonds. The molecule has 6 nitrogen and oxygen atoms in total. The van der Waals surface area contributed by atoms with E-state index >= 15 is 0 Å². The Labute approximate surface area is 135 Å². The second-order valence-electron chi connectivity index (χ2n) is 4.75. The van der Waals surface area contributed by atoms with E-state index in [-0.39, 0.29) is 12.0 Å². The summed E-state index contributed by atoms with van der Waals surface area (Å²) in [5.74, 6) is -1.40. The fraction of sp³-hybridized carbons (Fsp3) is 0.429. The largest absolute Gasteiger partial charge is 0.384 e. The summed E-state index contributed by atoms with van der Waals surface area (Å²) in [4.78, 5) is 22.1. The quantitative estimate of drug-likeness (QED) is 0.385. The van der Waals surface area contributed by atoms with Gasteiger partial charge < -0.3 is 5.32 Å². The van der Waals surface area contributed by atoms with E-state index in [0.29, 0.717) is 10.7 Å². The molecular formula is C14H19ClN2O4S. The van der Waals surface area contributed by atoms with Gasteiger partial charge in [0.05, 0.1) is 10.7 Å². The van der Waals surface area contributed by atoms with Crippen molar-refractivity contribution >= 4 is 39.5 Å². The molecule has 0 radical (unpaired) electrons. The van der Waals surface area contributed by atoms with Gasteiger partial charge in [-0.3, -0.25) is 14.3 Å². The molecule has 0 aliphatic rings. The third-order valence-electron chi connectivity index (χ3n) is 2.93. The highest BCUT2D eigenvalue weighted by molar-refractivity contribution is 7.90. The van der Waals surface area contributed by atoms with Crippen molar-refractivity contribution < 1.29 is 18.0 Å². The SMILES string of the molecule is CCCCCNc1cc(C(=O)CS(=O)(=O)NC=O)ccc1Cl. The fourth-order valence-corrected chi connectivity index (χ4v) is 2.73. The lowest BCUT2D eigenvalue weighted by Crippen LogP contribution is -2.29. The molecule has 2 N–H and O–H groups in total. The monoisotopic (exact) mass is 346 g/mol. The maximum absolute atomic E-state index is 12.0. The summed E-state index contributed by atoms with van der Waals surface area (Å²) in [6.45, 7) is 2.82. The molecule has 0 heterocycles. The average molecular weight is 347 g/mol. The predicted molar refractivity (Wildman–Crippen MR) is 86.8 cm³/mol. The zero-order valence-corrected chi connectivity index (χ0v) is 13.8. The van der Waals surface area contributed by atoms with Crippen molar-refractivity contribution in [3.05, 3.63) is 28.8 Å². The Hall–Kier alpha value is -1.60. The Morgan fingerprint density at radius 2 is 2.05 bits per heavy atom. The van der Waals surface area contributed by atoms with Gasteiger partial charge in [-0.1, -0.05) is 31.4 Å². The lowest BCUT2D eigenvalue weighted by molar-refractivity contribution is -0.108. The summed E-state index contributed by atoms with van der Waals surface area (Å²) in [6, 6.07) is 4.52. The minimum absolute atomic E-state index is 0.0329. The number of rotatable bonds is 10. The van der Waals surface area contributed by atoms with Crippen LogP contribution >= 0.6 is 11.6 Å². The van der Waals surface area contributed by atoms with Crippen LogP contribution in [0.4, 0.5) is 5.69 Å². The van der Waals surface area contributed by atoms with Crippen LogP contribution in [-0.4, -0.2) is 32.9 Å². The number of hydrogen-bond acceptors (Lipinski definition) is 5. The molecule has 0 aromatic heterocycles. The predicted octanol–water partition coefficient (Wildman–Crippen LogP) is 2.20.